The minimum atomic E-state index is -5.35. The number of rotatable bonds is 7. The first-order chi connectivity index (χ1) is 15.4. The molecule has 0 unspecified atom stereocenters. The van der Waals surface area contributed by atoms with E-state index in [0.29, 0.717) is 11.5 Å². The Morgan fingerprint density at radius 1 is 0.848 bits per heavy atom. The Kier molecular flexibility index (Phi) is 7.59. The molecule has 182 valence electrons. The highest BCUT2D eigenvalue weighted by Crippen LogP contribution is 2.41. The van der Waals surface area contributed by atoms with Crippen LogP contribution in [0.3, 0.4) is 0 Å². The Hall–Kier alpha value is -2.32. The largest absolute Gasteiger partial charge is 0.429 e. The maximum Gasteiger partial charge on any atom is 0.429 e. The molecule has 9 heteroatoms. The first-order valence-corrected chi connectivity index (χ1v) is 10.8. The van der Waals surface area contributed by atoms with Crippen LogP contribution in [-0.2, 0) is 12.3 Å². The van der Waals surface area contributed by atoms with Crippen LogP contribution in [0.1, 0.15) is 74.5 Å². The number of alkyl halides is 5. The first-order valence-electron chi connectivity index (χ1n) is 10.8. The van der Waals surface area contributed by atoms with Crippen molar-refractivity contribution in [3.63, 3.8) is 0 Å². The minimum absolute atomic E-state index is 0.0108. The van der Waals surface area contributed by atoms with Crippen LogP contribution in [0, 0.1) is 23.4 Å². The molecule has 0 radical (unpaired) electrons. The summed E-state index contributed by atoms with van der Waals surface area (Å²) in [4.78, 5) is 0. The van der Waals surface area contributed by atoms with Crippen molar-refractivity contribution in [1.82, 2.24) is 0 Å². The highest BCUT2D eigenvalue weighted by atomic mass is 19.4. The molecule has 0 spiro atoms. The molecule has 0 N–H and O–H groups in total. The average Bonchev–Trinajstić information content (AvgIpc) is 2.70. The summed E-state index contributed by atoms with van der Waals surface area (Å²) in [6.07, 6.45) is -2.68. The van der Waals surface area contributed by atoms with Crippen LogP contribution >= 0.6 is 0 Å². The lowest BCUT2D eigenvalue weighted by atomic mass is 9.77. The number of hydrogen-bond acceptors (Lipinski definition) is 1. The second-order valence-electron chi connectivity index (χ2n) is 8.48. The predicted octanol–water partition coefficient (Wildman–Crippen LogP) is 8.72. The van der Waals surface area contributed by atoms with Gasteiger partial charge in [0.25, 0.3) is 0 Å². The van der Waals surface area contributed by atoms with E-state index in [1.165, 1.54) is 6.07 Å². The van der Waals surface area contributed by atoms with Gasteiger partial charge in [0.05, 0.1) is 5.56 Å². The van der Waals surface area contributed by atoms with E-state index in [1.54, 1.807) is 0 Å². The fourth-order valence-electron chi connectivity index (χ4n) is 4.38. The minimum Gasteiger partial charge on any atom is -0.429 e. The quantitative estimate of drug-likeness (QED) is 0.360. The molecule has 0 aromatic heterocycles. The summed E-state index contributed by atoms with van der Waals surface area (Å²) in [6, 6.07) is 3.18. The molecule has 0 aliphatic heterocycles. The standard InChI is InChI=1S/C24H24F8O/c1-2-3-4-14-5-7-15(8-6-14)16-9-10-18(19(25)11-16)24(31,32)33-17-12-20(26)22(21(27)13-17)23(28,29)30/h9-15H,2-8H2,1H3/t14-,15-. The SMILES string of the molecule is CCCC[C@H]1CC[C@H](c2ccc(C(F)(F)Oc3cc(F)c(C(F)(F)F)c(F)c3)c(F)c2)CC1. The molecule has 0 bridgehead atoms. The van der Waals surface area contributed by atoms with Crippen LogP contribution in [0.25, 0.3) is 0 Å². The molecule has 1 nitrogen and oxygen atoms in total. The van der Waals surface area contributed by atoms with Crippen LogP contribution in [0.2, 0.25) is 0 Å². The smallest absolute Gasteiger partial charge is 0.429 e. The van der Waals surface area contributed by atoms with Gasteiger partial charge in [-0.15, -0.1) is 0 Å². The summed E-state index contributed by atoms with van der Waals surface area (Å²) in [5.74, 6) is -6.03. The summed E-state index contributed by atoms with van der Waals surface area (Å²) in [7, 11) is 0. The number of halogens is 8. The zero-order valence-electron chi connectivity index (χ0n) is 17.9. The lowest BCUT2D eigenvalue weighted by Crippen LogP contribution is -2.24. The molecule has 1 fully saturated rings. The first kappa shape index (κ1) is 25.3. The van der Waals surface area contributed by atoms with Gasteiger partial charge in [0.1, 0.15) is 28.8 Å². The molecule has 0 saturated heterocycles. The number of hydrogen-bond donors (Lipinski definition) is 0. The summed E-state index contributed by atoms with van der Waals surface area (Å²) < 4.78 is 113. The molecule has 0 amide bonds. The molecule has 1 aliphatic carbocycles. The molecular formula is C24H24F8O. The van der Waals surface area contributed by atoms with E-state index in [9.17, 15) is 35.1 Å². The Balaban J connectivity index is 1.74. The average molecular weight is 480 g/mol. The van der Waals surface area contributed by atoms with Gasteiger partial charge in [-0.05, 0) is 55.2 Å². The van der Waals surface area contributed by atoms with Crippen molar-refractivity contribution in [2.45, 2.75) is 70.1 Å². The lowest BCUT2D eigenvalue weighted by Gasteiger charge is -2.29. The lowest BCUT2D eigenvalue weighted by molar-refractivity contribution is -0.187. The van der Waals surface area contributed by atoms with Gasteiger partial charge in [-0.2, -0.15) is 22.0 Å². The van der Waals surface area contributed by atoms with Crippen molar-refractivity contribution in [2.75, 3.05) is 0 Å². The second kappa shape index (κ2) is 9.89. The Bertz CT molecular complexity index is 938. The third kappa shape index (κ3) is 5.98. The molecular weight excluding hydrogens is 456 g/mol. The van der Waals surface area contributed by atoms with Crippen molar-refractivity contribution in [3.8, 4) is 5.75 Å². The third-order valence-electron chi connectivity index (χ3n) is 6.14. The predicted molar refractivity (Wildman–Crippen MR) is 107 cm³/mol. The van der Waals surface area contributed by atoms with Crippen LogP contribution in [0.4, 0.5) is 35.1 Å². The molecule has 2 aromatic carbocycles. The molecule has 3 rings (SSSR count). The van der Waals surface area contributed by atoms with E-state index in [4.69, 9.17) is 0 Å². The van der Waals surface area contributed by atoms with Crippen molar-refractivity contribution in [1.29, 1.82) is 0 Å². The van der Waals surface area contributed by atoms with Gasteiger partial charge in [-0.25, -0.2) is 13.2 Å². The Morgan fingerprint density at radius 2 is 1.45 bits per heavy atom. The van der Waals surface area contributed by atoms with Gasteiger partial charge in [0.15, 0.2) is 0 Å². The maximum atomic E-state index is 14.6. The summed E-state index contributed by atoms with van der Waals surface area (Å²) in [5.41, 5.74) is -2.82. The third-order valence-corrected chi connectivity index (χ3v) is 6.14. The topological polar surface area (TPSA) is 9.23 Å². The maximum absolute atomic E-state index is 14.6. The number of unbranched alkanes of at least 4 members (excludes halogenated alkanes) is 1. The van der Waals surface area contributed by atoms with E-state index in [2.05, 4.69) is 11.7 Å². The van der Waals surface area contributed by atoms with E-state index >= 15 is 0 Å². The fourth-order valence-corrected chi connectivity index (χ4v) is 4.38. The number of benzene rings is 2. The summed E-state index contributed by atoms with van der Waals surface area (Å²) in [6.45, 7) is 2.13. The van der Waals surface area contributed by atoms with Gasteiger partial charge >= 0.3 is 12.3 Å². The van der Waals surface area contributed by atoms with Gasteiger partial charge in [-0.1, -0.05) is 32.3 Å². The van der Waals surface area contributed by atoms with E-state index in [1.807, 2.05) is 0 Å². The van der Waals surface area contributed by atoms with Crippen LogP contribution < -0.4 is 4.74 Å². The van der Waals surface area contributed by atoms with E-state index in [-0.39, 0.29) is 18.1 Å². The van der Waals surface area contributed by atoms with Crippen LogP contribution in [0.15, 0.2) is 30.3 Å². The van der Waals surface area contributed by atoms with Crippen molar-refractivity contribution in [2.24, 2.45) is 5.92 Å². The van der Waals surface area contributed by atoms with E-state index < -0.39 is 46.6 Å². The zero-order valence-corrected chi connectivity index (χ0v) is 17.9. The van der Waals surface area contributed by atoms with Crippen molar-refractivity contribution < 1.29 is 39.9 Å². The normalized spacial score (nSPS) is 19.5. The van der Waals surface area contributed by atoms with Crippen molar-refractivity contribution in [3.05, 3.63) is 64.5 Å². The van der Waals surface area contributed by atoms with Gasteiger partial charge < -0.3 is 4.74 Å². The second-order valence-corrected chi connectivity index (χ2v) is 8.48. The van der Waals surface area contributed by atoms with Crippen LogP contribution in [-0.4, -0.2) is 0 Å². The molecule has 2 aromatic rings. The van der Waals surface area contributed by atoms with Crippen LogP contribution in [0.5, 0.6) is 5.75 Å². The van der Waals surface area contributed by atoms with E-state index in [0.717, 1.165) is 57.1 Å². The van der Waals surface area contributed by atoms with Crippen molar-refractivity contribution >= 4 is 0 Å². The molecule has 0 heterocycles. The Morgan fingerprint density at radius 3 is 1.97 bits per heavy atom. The molecule has 0 atom stereocenters. The highest BCUT2D eigenvalue weighted by molar-refractivity contribution is 5.34. The molecule has 1 aliphatic rings. The Labute approximate surface area is 186 Å². The molecule has 1 saturated carbocycles. The van der Waals surface area contributed by atoms with Gasteiger partial charge in [0.2, 0.25) is 0 Å². The summed E-state index contributed by atoms with van der Waals surface area (Å²) >= 11 is 0. The van der Waals surface area contributed by atoms with Gasteiger partial charge in [0, 0.05) is 12.1 Å². The monoisotopic (exact) mass is 480 g/mol. The molecule has 33 heavy (non-hydrogen) atoms. The zero-order chi connectivity index (χ0) is 24.4. The number of ether oxygens (including phenoxy) is 1. The summed E-state index contributed by atoms with van der Waals surface area (Å²) in [5, 5.41) is 0. The fraction of sp³-hybridized carbons (Fsp3) is 0.500. The highest BCUT2D eigenvalue weighted by Gasteiger charge is 2.41. The van der Waals surface area contributed by atoms with Gasteiger partial charge in [-0.3, -0.25) is 0 Å².